The van der Waals surface area contributed by atoms with E-state index in [9.17, 15) is 4.79 Å². The fourth-order valence-corrected chi connectivity index (χ4v) is 3.02. The van der Waals surface area contributed by atoms with Crippen LogP contribution in [0.3, 0.4) is 0 Å². The highest BCUT2D eigenvalue weighted by Gasteiger charge is 2.13. The summed E-state index contributed by atoms with van der Waals surface area (Å²) in [4.78, 5) is 14.6. The first-order valence-corrected chi connectivity index (χ1v) is 8.64. The summed E-state index contributed by atoms with van der Waals surface area (Å²) in [5, 5.41) is 0. The Labute approximate surface area is 129 Å². The van der Waals surface area contributed by atoms with Gasteiger partial charge in [0.1, 0.15) is 0 Å². The molecular weight excluding hydrogens is 258 g/mol. The van der Waals surface area contributed by atoms with Gasteiger partial charge >= 0.3 is 0 Å². The molecule has 2 rings (SSSR count). The summed E-state index contributed by atoms with van der Waals surface area (Å²) in [5.74, 6) is 0.291. The van der Waals surface area contributed by atoms with Crippen molar-refractivity contribution in [2.24, 2.45) is 0 Å². The largest absolute Gasteiger partial charge is 0.303 e. The Morgan fingerprint density at radius 1 is 1.05 bits per heavy atom. The van der Waals surface area contributed by atoms with E-state index < -0.39 is 0 Å². The van der Waals surface area contributed by atoms with Gasteiger partial charge in [-0.3, -0.25) is 4.79 Å². The maximum Gasteiger partial charge on any atom is 0.164 e. The van der Waals surface area contributed by atoms with Crippen molar-refractivity contribution in [3.8, 4) is 0 Å². The highest BCUT2D eigenvalue weighted by atomic mass is 16.1. The third kappa shape index (κ3) is 5.62. The summed E-state index contributed by atoms with van der Waals surface area (Å²) < 4.78 is 0. The van der Waals surface area contributed by atoms with Gasteiger partial charge in [0.05, 0.1) is 0 Å². The maximum atomic E-state index is 12.2. The van der Waals surface area contributed by atoms with E-state index in [-0.39, 0.29) is 0 Å². The number of unbranched alkanes of at least 4 members (excludes halogenated alkanes) is 3. The zero-order chi connectivity index (χ0) is 14.9. The van der Waals surface area contributed by atoms with Gasteiger partial charge in [0.15, 0.2) is 5.78 Å². The summed E-state index contributed by atoms with van der Waals surface area (Å²) >= 11 is 0. The molecule has 0 saturated carbocycles. The van der Waals surface area contributed by atoms with Crippen molar-refractivity contribution < 1.29 is 4.79 Å². The van der Waals surface area contributed by atoms with Crippen LogP contribution in [0.15, 0.2) is 24.3 Å². The normalized spacial score (nSPS) is 15.5. The third-order valence-electron chi connectivity index (χ3n) is 4.45. The minimum absolute atomic E-state index is 0.291. The van der Waals surface area contributed by atoms with Gasteiger partial charge in [-0.25, -0.2) is 0 Å². The molecule has 116 valence electrons. The quantitative estimate of drug-likeness (QED) is 0.493. The number of benzene rings is 1. The Kier molecular flexibility index (Phi) is 6.94. The first-order valence-electron chi connectivity index (χ1n) is 8.64. The predicted molar refractivity (Wildman–Crippen MR) is 88.9 cm³/mol. The van der Waals surface area contributed by atoms with Gasteiger partial charge in [-0.2, -0.15) is 0 Å². The molecule has 2 nitrogen and oxygen atoms in total. The van der Waals surface area contributed by atoms with Crippen LogP contribution in [0.1, 0.15) is 67.8 Å². The van der Waals surface area contributed by atoms with Crippen molar-refractivity contribution in [2.45, 2.75) is 58.3 Å². The first kappa shape index (κ1) is 16.2. The van der Waals surface area contributed by atoms with Crippen LogP contribution in [-0.2, 0) is 6.42 Å². The summed E-state index contributed by atoms with van der Waals surface area (Å²) in [6, 6.07) is 8.30. The zero-order valence-electron chi connectivity index (χ0n) is 13.4. The highest BCUT2D eigenvalue weighted by Crippen LogP contribution is 2.13. The molecule has 1 fully saturated rings. The second kappa shape index (κ2) is 8.99. The van der Waals surface area contributed by atoms with Crippen LogP contribution in [0.25, 0.3) is 0 Å². The minimum Gasteiger partial charge on any atom is -0.303 e. The zero-order valence-corrected chi connectivity index (χ0v) is 13.4. The number of hydrogen-bond donors (Lipinski definition) is 0. The van der Waals surface area contributed by atoms with Crippen molar-refractivity contribution in [1.82, 2.24) is 4.90 Å². The van der Waals surface area contributed by atoms with E-state index in [0.29, 0.717) is 12.2 Å². The van der Waals surface area contributed by atoms with Gasteiger partial charge in [0.2, 0.25) is 0 Å². The number of aryl methyl sites for hydroxylation is 1. The lowest BCUT2D eigenvalue weighted by Crippen LogP contribution is -2.22. The highest BCUT2D eigenvalue weighted by molar-refractivity contribution is 5.96. The second-order valence-electron chi connectivity index (χ2n) is 6.23. The lowest BCUT2D eigenvalue weighted by molar-refractivity contribution is 0.0969. The molecule has 0 amide bonds. The molecule has 0 radical (unpaired) electrons. The topological polar surface area (TPSA) is 20.3 Å². The van der Waals surface area contributed by atoms with Gasteiger partial charge in [-0.15, -0.1) is 0 Å². The van der Waals surface area contributed by atoms with E-state index >= 15 is 0 Å². The van der Waals surface area contributed by atoms with Crippen molar-refractivity contribution in [2.75, 3.05) is 19.6 Å². The Morgan fingerprint density at radius 3 is 2.43 bits per heavy atom. The minimum atomic E-state index is 0.291. The molecule has 0 unspecified atom stereocenters. The van der Waals surface area contributed by atoms with E-state index in [1.54, 1.807) is 0 Å². The summed E-state index contributed by atoms with van der Waals surface area (Å²) in [6.07, 6.45) is 9.57. The van der Waals surface area contributed by atoms with Crippen LogP contribution >= 0.6 is 0 Å². The third-order valence-corrected chi connectivity index (χ3v) is 4.45. The Hall–Kier alpha value is -1.15. The summed E-state index contributed by atoms with van der Waals surface area (Å²) in [5.41, 5.74) is 2.24. The lowest BCUT2D eigenvalue weighted by Gasteiger charge is -2.13. The maximum absolute atomic E-state index is 12.2. The smallest absolute Gasteiger partial charge is 0.164 e. The first-order chi connectivity index (χ1) is 10.3. The number of hydrogen-bond acceptors (Lipinski definition) is 2. The Morgan fingerprint density at radius 2 is 1.76 bits per heavy atom. The lowest BCUT2D eigenvalue weighted by atomic mass is 10.0. The fraction of sp³-hybridized carbons (Fsp3) is 0.632. The van der Waals surface area contributed by atoms with E-state index in [1.807, 2.05) is 12.1 Å². The molecule has 2 heteroatoms. The van der Waals surface area contributed by atoms with Crippen LogP contribution in [0, 0.1) is 0 Å². The van der Waals surface area contributed by atoms with Gasteiger partial charge in [0.25, 0.3) is 0 Å². The molecule has 1 heterocycles. The molecule has 21 heavy (non-hydrogen) atoms. The molecule has 0 atom stereocenters. The van der Waals surface area contributed by atoms with Crippen molar-refractivity contribution in [3.63, 3.8) is 0 Å². The standard InChI is InChI=1S/C19H29NO/c1-2-3-4-5-8-17-9-11-18(12-10-17)19(21)13-16-20-14-6-7-15-20/h9-12H,2-8,13-16H2,1H3. The number of nitrogens with zero attached hydrogens (tertiary/aromatic N) is 1. The SMILES string of the molecule is CCCCCCc1ccc(C(=O)CCN2CCCC2)cc1. The number of Topliss-reactive ketones (excluding diaryl/α,β-unsaturated/α-hetero) is 1. The van der Waals surface area contributed by atoms with E-state index in [0.717, 1.165) is 18.5 Å². The van der Waals surface area contributed by atoms with Gasteiger partial charge < -0.3 is 4.90 Å². The number of carbonyl (C=O) groups is 1. The number of carbonyl (C=O) groups excluding carboxylic acids is 1. The van der Waals surface area contributed by atoms with Gasteiger partial charge in [0, 0.05) is 18.5 Å². The van der Waals surface area contributed by atoms with Crippen LogP contribution in [0.4, 0.5) is 0 Å². The van der Waals surface area contributed by atoms with Gasteiger partial charge in [-0.1, -0.05) is 50.5 Å². The average molecular weight is 287 g/mol. The average Bonchev–Trinajstić information content (AvgIpc) is 3.03. The molecule has 1 aromatic rings. The van der Waals surface area contributed by atoms with E-state index in [1.165, 1.54) is 57.2 Å². The summed E-state index contributed by atoms with van der Waals surface area (Å²) in [6.45, 7) is 5.51. The van der Waals surface area contributed by atoms with E-state index in [2.05, 4.69) is 24.0 Å². The van der Waals surface area contributed by atoms with E-state index in [4.69, 9.17) is 0 Å². The molecular formula is C19H29NO. The molecule has 0 aliphatic carbocycles. The molecule has 0 N–H and O–H groups in total. The molecule has 0 bridgehead atoms. The predicted octanol–water partition coefficient (Wildman–Crippen LogP) is 4.48. The second-order valence-corrected chi connectivity index (χ2v) is 6.23. The fourth-order valence-electron chi connectivity index (χ4n) is 3.02. The molecule has 1 aromatic carbocycles. The molecule has 1 aliphatic rings. The molecule has 0 aromatic heterocycles. The van der Waals surface area contributed by atoms with Crippen molar-refractivity contribution >= 4 is 5.78 Å². The van der Waals surface area contributed by atoms with Crippen LogP contribution < -0.4 is 0 Å². The van der Waals surface area contributed by atoms with Crippen LogP contribution in [0.5, 0.6) is 0 Å². The van der Waals surface area contributed by atoms with Crippen LogP contribution in [0.2, 0.25) is 0 Å². The van der Waals surface area contributed by atoms with Crippen molar-refractivity contribution in [1.29, 1.82) is 0 Å². The number of likely N-dealkylation sites (tertiary alicyclic amines) is 1. The molecule has 1 saturated heterocycles. The Bertz CT molecular complexity index is 418. The number of ketones is 1. The Balaban J connectivity index is 1.73. The van der Waals surface area contributed by atoms with Crippen molar-refractivity contribution in [3.05, 3.63) is 35.4 Å². The van der Waals surface area contributed by atoms with Crippen LogP contribution in [-0.4, -0.2) is 30.3 Å². The monoisotopic (exact) mass is 287 g/mol. The summed E-state index contributed by atoms with van der Waals surface area (Å²) in [7, 11) is 0. The molecule has 0 spiro atoms. The number of rotatable bonds is 9. The molecule has 1 aliphatic heterocycles. The van der Waals surface area contributed by atoms with Gasteiger partial charge in [-0.05, 0) is 44.3 Å².